The predicted molar refractivity (Wildman–Crippen MR) is 28.2 cm³/mol. The fraction of sp³-hybridized carbons (Fsp3) is 1.00. The number of rotatable bonds is 2. The van der Waals surface area contributed by atoms with Crippen molar-refractivity contribution in [3.8, 4) is 0 Å². The summed E-state index contributed by atoms with van der Waals surface area (Å²) in [5.41, 5.74) is 0. The summed E-state index contributed by atoms with van der Waals surface area (Å²) in [5, 5.41) is 14.4. The molecule has 1 atom stereocenters. The van der Waals surface area contributed by atoms with E-state index in [1.807, 2.05) is 0 Å². The highest BCUT2D eigenvalue weighted by Crippen LogP contribution is 2.06. The lowest BCUT2D eigenvalue weighted by Crippen LogP contribution is -2.32. The highest BCUT2D eigenvalue weighted by atomic mass is 32.2. The van der Waals surface area contributed by atoms with Crippen LogP contribution in [0.15, 0.2) is 0 Å². The first-order chi connectivity index (χ1) is 3.50. The first-order valence-corrected chi connectivity index (χ1v) is 3.17. The summed E-state index contributed by atoms with van der Waals surface area (Å²) >= 11 is -2.56. The van der Waals surface area contributed by atoms with E-state index in [9.17, 15) is 4.21 Å². The molecule has 0 rings (SSSR count). The van der Waals surface area contributed by atoms with Gasteiger partial charge in [0.1, 0.15) is 0 Å². The van der Waals surface area contributed by atoms with Gasteiger partial charge < -0.3 is 14.8 Å². The fourth-order valence-electron chi connectivity index (χ4n) is 0.123. The average Bonchev–Trinajstić information content (AvgIpc) is 1.67. The van der Waals surface area contributed by atoms with Crippen molar-refractivity contribution in [1.29, 1.82) is 0 Å². The second-order valence-electron chi connectivity index (χ2n) is 1.35. The van der Waals surface area contributed by atoms with Crippen LogP contribution in [0.3, 0.4) is 0 Å². The standard InChI is InChI=1S/C3H8O4S/c1-2-3(4,5)8(6)7/h4-5H,2H2,1H3,(H,6,7). The largest absolute Gasteiger partial charge is 0.354 e. The van der Waals surface area contributed by atoms with Crippen molar-refractivity contribution in [2.45, 2.75) is 18.5 Å². The SMILES string of the molecule is CCC(O)(O)S(=O)O. The number of aliphatic hydroxyl groups is 2. The maximum atomic E-state index is 9.86. The van der Waals surface area contributed by atoms with Gasteiger partial charge in [0.25, 0.3) is 5.12 Å². The summed E-state index contributed by atoms with van der Waals surface area (Å²) in [5.74, 6) is 0. The smallest absolute Gasteiger partial charge is 0.268 e. The molecule has 0 aliphatic heterocycles. The first-order valence-electron chi connectivity index (χ1n) is 2.06. The third kappa shape index (κ3) is 1.87. The topological polar surface area (TPSA) is 77.8 Å². The molecule has 0 saturated carbocycles. The molecular weight excluding hydrogens is 132 g/mol. The summed E-state index contributed by atoms with van der Waals surface area (Å²) in [6, 6.07) is 0. The zero-order chi connectivity index (χ0) is 6.78. The van der Waals surface area contributed by atoms with Gasteiger partial charge in [0.05, 0.1) is 0 Å². The Labute approximate surface area is 49.4 Å². The molecule has 0 spiro atoms. The van der Waals surface area contributed by atoms with E-state index in [2.05, 4.69) is 0 Å². The summed E-state index contributed by atoms with van der Waals surface area (Å²) in [6.07, 6.45) is -0.157. The lowest BCUT2D eigenvalue weighted by molar-refractivity contribution is -0.0872. The van der Waals surface area contributed by atoms with E-state index < -0.39 is 16.2 Å². The van der Waals surface area contributed by atoms with Gasteiger partial charge in [-0.3, -0.25) is 0 Å². The van der Waals surface area contributed by atoms with Gasteiger partial charge in [-0.1, -0.05) is 6.92 Å². The molecule has 8 heavy (non-hydrogen) atoms. The summed E-state index contributed by atoms with van der Waals surface area (Å²) in [7, 11) is 0. The minimum Gasteiger partial charge on any atom is -0.354 e. The summed E-state index contributed by atoms with van der Waals surface area (Å²) in [6.45, 7) is 1.40. The van der Waals surface area contributed by atoms with Crippen LogP contribution >= 0.6 is 0 Å². The van der Waals surface area contributed by atoms with E-state index in [0.29, 0.717) is 0 Å². The van der Waals surface area contributed by atoms with Crippen molar-refractivity contribution < 1.29 is 19.0 Å². The molecule has 0 radical (unpaired) electrons. The molecule has 0 aromatic heterocycles. The summed E-state index contributed by atoms with van der Waals surface area (Å²) in [4.78, 5) is 0. The Hall–Kier alpha value is 0.0300. The molecule has 0 aromatic rings. The lowest BCUT2D eigenvalue weighted by atomic mass is 10.5. The van der Waals surface area contributed by atoms with Gasteiger partial charge in [-0.05, 0) is 0 Å². The Bertz CT molecular complexity index is 99.5. The van der Waals surface area contributed by atoms with E-state index in [1.165, 1.54) is 6.92 Å². The number of hydrogen-bond acceptors (Lipinski definition) is 3. The molecule has 0 heterocycles. The van der Waals surface area contributed by atoms with Crippen LogP contribution in [0, 0.1) is 0 Å². The van der Waals surface area contributed by atoms with Gasteiger partial charge in [0.15, 0.2) is 0 Å². The second-order valence-corrected chi connectivity index (χ2v) is 2.50. The van der Waals surface area contributed by atoms with E-state index in [0.717, 1.165) is 0 Å². The van der Waals surface area contributed by atoms with Gasteiger partial charge in [-0.15, -0.1) is 0 Å². The first kappa shape index (κ1) is 8.03. The zero-order valence-corrected chi connectivity index (χ0v) is 5.18. The lowest BCUT2D eigenvalue weighted by Gasteiger charge is -2.12. The van der Waals surface area contributed by atoms with Crippen LogP contribution in [0.4, 0.5) is 0 Å². The van der Waals surface area contributed by atoms with Crippen LogP contribution in [-0.4, -0.2) is 24.1 Å². The molecule has 0 fully saturated rings. The monoisotopic (exact) mass is 140 g/mol. The highest BCUT2D eigenvalue weighted by molar-refractivity contribution is 7.80. The Morgan fingerprint density at radius 1 is 1.62 bits per heavy atom. The highest BCUT2D eigenvalue weighted by Gasteiger charge is 2.27. The quantitative estimate of drug-likeness (QED) is 0.348. The summed E-state index contributed by atoms with van der Waals surface area (Å²) < 4.78 is 17.9. The fourth-order valence-corrected chi connectivity index (χ4v) is 0.370. The molecule has 0 bridgehead atoms. The molecule has 5 heteroatoms. The van der Waals surface area contributed by atoms with Crippen LogP contribution < -0.4 is 0 Å². The Morgan fingerprint density at radius 2 is 2.00 bits per heavy atom. The van der Waals surface area contributed by atoms with E-state index in [-0.39, 0.29) is 6.42 Å². The molecular formula is C3H8O4S. The normalized spacial score (nSPS) is 16.0. The minimum absolute atomic E-state index is 0.157. The molecule has 0 aliphatic rings. The van der Waals surface area contributed by atoms with Crippen LogP contribution in [-0.2, 0) is 11.1 Å². The third-order valence-corrected chi connectivity index (χ3v) is 1.59. The molecule has 0 aromatic carbocycles. The van der Waals surface area contributed by atoms with E-state index in [4.69, 9.17) is 14.8 Å². The van der Waals surface area contributed by atoms with Crippen molar-refractivity contribution >= 4 is 11.1 Å². The van der Waals surface area contributed by atoms with Crippen LogP contribution in [0.1, 0.15) is 13.3 Å². The molecule has 0 amide bonds. The predicted octanol–water partition coefficient (Wildman–Crippen LogP) is -0.744. The van der Waals surface area contributed by atoms with Crippen molar-refractivity contribution in [3.05, 3.63) is 0 Å². The average molecular weight is 140 g/mol. The molecule has 50 valence electrons. The van der Waals surface area contributed by atoms with Crippen molar-refractivity contribution in [1.82, 2.24) is 0 Å². The number of hydrogen-bond donors (Lipinski definition) is 3. The van der Waals surface area contributed by atoms with Crippen molar-refractivity contribution in [3.63, 3.8) is 0 Å². The van der Waals surface area contributed by atoms with Gasteiger partial charge in [0.2, 0.25) is 11.1 Å². The second kappa shape index (κ2) is 2.54. The zero-order valence-electron chi connectivity index (χ0n) is 4.37. The maximum absolute atomic E-state index is 9.86. The molecule has 4 nitrogen and oxygen atoms in total. The van der Waals surface area contributed by atoms with Gasteiger partial charge in [-0.25, -0.2) is 4.21 Å². The molecule has 1 unspecified atom stereocenters. The van der Waals surface area contributed by atoms with Crippen LogP contribution in [0.5, 0.6) is 0 Å². The maximum Gasteiger partial charge on any atom is 0.268 e. The van der Waals surface area contributed by atoms with Crippen molar-refractivity contribution in [2.75, 3.05) is 0 Å². The Balaban J connectivity index is 3.91. The minimum atomic E-state index is -2.56. The van der Waals surface area contributed by atoms with Gasteiger partial charge in [-0.2, -0.15) is 0 Å². The molecule has 0 saturated heterocycles. The van der Waals surface area contributed by atoms with Crippen molar-refractivity contribution in [2.24, 2.45) is 0 Å². The molecule has 3 N–H and O–H groups in total. The van der Waals surface area contributed by atoms with E-state index >= 15 is 0 Å². The van der Waals surface area contributed by atoms with E-state index in [1.54, 1.807) is 0 Å². The Kier molecular flexibility index (Phi) is 2.55. The van der Waals surface area contributed by atoms with Crippen LogP contribution in [0.25, 0.3) is 0 Å². The van der Waals surface area contributed by atoms with Crippen LogP contribution in [0.2, 0.25) is 0 Å². The van der Waals surface area contributed by atoms with Gasteiger partial charge in [0, 0.05) is 6.42 Å². The third-order valence-electron chi connectivity index (χ3n) is 0.740. The molecule has 0 aliphatic carbocycles. The van der Waals surface area contributed by atoms with Gasteiger partial charge >= 0.3 is 0 Å². The Morgan fingerprint density at radius 3 is 2.00 bits per heavy atom.